The Morgan fingerprint density at radius 3 is 2.10 bits per heavy atom. The summed E-state index contributed by atoms with van der Waals surface area (Å²) in [5.41, 5.74) is 0. The van der Waals surface area contributed by atoms with E-state index in [-0.39, 0.29) is 16.4 Å². The number of carbonyl (C=O) groups is 1. The van der Waals surface area contributed by atoms with E-state index in [0.717, 1.165) is 0 Å². The van der Waals surface area contributed by atoms with Gasteiger partial charge in [0.2, 0.25) is 9.84 Å². The molecule has 0 unspecified atom stereocenters. The lowest BCUT2D eigenvalue weighted by molar-refractivity contribution is -0.142. The molecular weight excluding hydrogens is 292 g/mol. The Morgan fingerprint density at radius 1 is 0.952 bits per heavy atom. The van der Waals surface area contributed by atoms with Crippen LogP contribution < -0.4 is 4.74 Å². The molecule has 110 valence electrons. The molecule has 21 heavy (non-hydrogen) atoms. The standard InChI is InChI=1S/C15H14O5S/c1-19-15(16)11-20-12-7-9-14(10-8-12)21(17,18)13-5-3-2-4-6-13/h2-10H,11H2,1H3. The van der Waals surface area contributed by atoms with Crippen LogP contribution in [0.4, 0.5) is 0 Å². The number of benzene rings is 2. The molecular formula is C15H14O5S. The molecule has 0 heterocycles. The number of ether oxygens (including phenoxy) is 2. The van der Waals surface area contributed by atoms with Gasteiger partial charge in [-0.1, -0.05) is 18.2 Å². The van der Waals surface area contributed by atoms with Crippen molar-refractivity contribution in [2.45, 2.75) is 9.79 Å². The van der Waals surface area contributed by atoms with Crippen molar-refractivity contribution in [3.8, 4) is 5.75 Å². The molecule has 0 bridgehead atoms. The molecule has 0 aliphatic rings. The maximum absolute atomic E-state index is 12.3. The van der Waals surface area contributed by atoms with Gasteiger partial charge in [-0.15, -0.1) is 0 Å². The lowest BCUT2D eigenvalue weighted by atomic mass is 10.3. The average molecular weight is 306 g/mol. The summed E-state index contributed by atoms with van der Waals surface area (Å²) >= 11 is 0. The van der Waals surface area contributed by atoms with Crippen molar-refractivity contribution in [2.75, 3.05) is 13.7 Å². The Labute approximate surface area is 123 Å². The molecule has 0 spiro atoms. The summed E-state index contributed by atoms with van der Waals surface area (Å²) in [4.78, 5) is 11.3. The second kappa shape index (κ2) is 6.41. The van der Waals surface area contributed by atoms with Crippen molar-refractivity contribution < 1.29 is 22.7 Å². The van der Waals surface area contributed by atoms with Gasteiger partial charge in [-0.2, -0.15) is 0 Å². The van der Waals surface area contributed by atoms with E-state index in [9.17, 15) is 13.2 Å². The zero-order chi connectivity index (χ0) is 15.3. The Balaban J connectivity index is 2.17. The Bertz CT molecular complexity index is 705. The van der Waals surface area contributed by atoms with Gasteiger partial charge in [0, 0.05) is 0 Å². The first kappa shape index (κ1) is 15.1. The van der Waals surface area contributed by atoms with Gasteiger partial charge in [0.1, 0.15) is 5.75 Å². The molecule has 0 aliphatic carbocycles. The minimum absolute atomic E-state index is 0.166. The van der Waals surface area contributed by atoms with Crippen molar-refractivity contribution in [1.29, 1.82) is 0 Å². The van der Waals surface area contributed by atoms with Crippen LogP contribution in [0.1, 0.15) is 0 Å². The summed E-state index contributed by atoms with van der Waals surface area (Å²) in [6.07, 6.45) is 0. The Kier molecular flexibility index (Phi) is 4.59. The van der Waals surface area contributed by atoms with Crippen LogP contribution >= 0.6 is 0 Å². The number of sulfone groups is 1. The van der Waals surface area contributed by atoms with Gasteiger partial charge in [0.25, 0.3) is 0 Å². The van der Waals surface area contributed by atoms with Crippen molar-refractivity contribution in [3.63, 3.8) is 0 Å². The Hall–Kier alpha value is -2.34. The molecule has 0 aliphatic heterocycles. The summed E-state index contributed by atoms with van der Waals surface area (Å²) in [6, 6.07) is 14.0. The summed E-state index contributed by atoms with van der Waals surface area (Å²) in [5.74, 6) is -0.108. The highest BCUT2D eigenvalue weighted by Crippen LogP contribution is 2.22. The number of rotatable bonds is 5. The third-order valence-electron chi connectivity index (χ3n) is 2.77. The zero-order valence-corrected chi connectivity index (χ0v) is 12.2. The number of hydrogen-bond acceptors (Lipinski definition) is 5. The number of esters is 1. The molecule has 0 atom stereocenters. The van der Waals surface area contributed by atoms with Gasteiger partial charge in [-0.25, -0.2) is 13.2 Å². The summed E-state index contributed by atoms with van der Waals surface area (Å²) < 4.78 is 34.3. The quantitative estimate of drug-likeness (QED) is 0.791. The molecule has 5 nitrogen and oxygen atoms in total. The van der Waals surface area contributed by atoms with E-state index >= 15 is 0 Å². The lowest BCUT2D eigenvalue weighted by Crippen LogP contribution is -2.12. The van der Waals surface area contributed by atoms with E-state index in [1.807, 2.05) is 0 Å². The maximum Gasteiger partial charge on any atom is 0.343 e. The fraction of sp³-hybridized carbons (Fsp3) is 0.133. The highest BCUT2D eigenvalue weighted by molar-refractivity contribution is 7.91. The zero-order valence-electron chi connectivity index (χ0n) is 11.4. The molecule has 0 saturated carbocycles. The summed E-state index contributed by atoms with van der Waals surface area (Å²) in [7, 11) is -2.27. The van der Waals surface area contributed by atoms with Crippen molar-refractivity contribution >= 4 is 15.8 Å². The van der Waals surface area contributed by atoms with Gasteiger partial charge < -0.3 is 9.47 Å². The lowest BCUT2D eigenvalue weighted by Gasteiger charge is -2.07. The number of carbonyl (C=O) groups excluding carboxylic acids is 1. The predicted molar refractivity (Wildman–Crippen MR) is 75.8 cm³/mol. The van der Waals surface area contributed by atoms with Gasteiger partial charge in [0.15, 0.2) is 6.61 Å². The fourth-order valence-electron chi connectivity index (χ4n) is 1.65. The summed E-state index contributed by atoms with van der Waals surface area (Å²) in [6.45, 7) is -0.221. The minimum Gasteiger partial charge on any atom is -0.482 e. The van der Waals surface area contributed by atoms with E-state index < -0.39 is 15.8 Å². The minimum atomic E-state index is -3.54. The largest absolute Gasteiger partial charge is 0.482 e. The molecule has 0 N–H and O–H groups in total. The van der Waals surface area contributed by atoms with E-state index in [4.69, 9.17) is 4.74 Å². The maximum atomic E-state index is 12.3. The molecule has 0 fully saturated rings. The van der Waals surface area contributed by atoms with Crippen LogP contribution in [0.2, 0.25) is 0 Å². The van der Waals surface area contributed by atoms with E-state index in [1.54, 1.807) is 18.2 Å². The monoisotopic (exact) mass is 306 g/mol. The molecule has 0 saturated heterocycles. The smallest absolute Gasteiger partial charge is 0.343 e. The van der Waals surface area contributed by atoms with Gasteiger partial charge >= 0.3 is 5.97 Å². The molecule has 2 aromatic rings. The highest BCUT2D eigenvalue weighted by atomic mass is 32.2. The van der Waals surface area contributed by atoms with Crippen LogP contribution in [0.5, 0.6) is 5.75 Å². The third-order valence-corrected chi connectivity index (χ3v) is 4.56. The second-order valence-electron chi connectivity index (χ2n) is 4.15. The first-order valence-electron chi connectivity index (χ1n) is 6.14. The number of methoxy groups -OCH3 is 1. The van der Waals surface area contributed by atoms with E-state index in [0.29, 0.717) is 5.75 Å². The first-order valence-corrected chi connectivity index (χ1v) is 7.62. The molecule has 0 amide bonds. The average Bonchev–Trinajstić information content (AvgIpc) is 2.53. The highest BCUT2D eigenvalue weighted by Gasteiger charge is 2.16. The topological polar surface area (TPSA) is 69.7 Å². The van der Waals surface area contributed by atoms with Crippen LogP contribution in [0.15, 0.2) is 64.4 Å². The third kappa shape index (κ3) is 3.61. The van der Waals surface area contributed by atoms with E-state index in [2.05, 4.69) is 4.74 Å². The number of hydrogen-bond donors (Lipinski definition) is 0. The van der Waals surface area contributed by atoms with Crippen molar-refractivity contribution in [2.24, 2.45) is 0 Å². The van der Waals surface area contributed by atoms with Gasteiger partial charge in [0.05, 0.1) is 16.9 Å². The predicted octanol–water partition coefficient (Wildman–Crippen LogP) is 2.07. The van der Waals surface area contributed by atoms with Crippen LogP contribution in [0.25, 0.3) is 0 Å². The van der Waals surface area contributed by atoms with E-state index in [1.165, 1.54) is 43.5 Å². The fourth-order valence-corrected chi connectivity index (χ4v) is 2.93. The van der Waals surface area contributed by atoms with Crippen molar-refractivity contribution in [3.05, 3.63) is 54.6 Å². The van der Waals surface area contributed by atoms with Gasteiger partial charge in [-0.05, 0) is 36.4 Å². The molecule has 0 radical (unpaired) electrons. The molecule has 2 aromatic carbocycles. The van der Waals surface area contributed by atoms with Crippen LogP contribution in [-0.2, 0) is 19.4 Å². The normalized spacial score (nSPS) is 10.9. The van der Waals surface area contributed by atoms with Crippen LogP contribution in [0.3, 0.4) is 0 Å². The SMILES string of the molecule is COC(=O)COc1ccc(S(=O)(=O)c2ccccc2)cc1. The van der Waals surface area contributed by atoms with Crippen LogP contribution in [0, 0.1) is 0 Å². The first-order chi connectivity index (χ1) is 10.0. The van der Waals surface area contributed by atoms with Crippen LogP contribution in [-0.4, -0.2) is 28.1 Å². The molecule has 0 aromatic heterocycles. The Morgan fingerprint density at radius 2 is 1.52 bits per heavy atom. The molecule has 2 rings (SSSR count). The second-order valence-corrected chi connectivity index (χ2v) is 6.10. The van der Waals surface area contributed by atoms with Crippen molar-refractivity contribution in [1.82, 2.24) is 0 Å². The van der Waals surface area contributed by atoms with Gasteiger partial charge in [-0.3, -0.25) is 0 Å². The summed E-state index contributed by atoms with van der Waals surface area (Å²) in [5, 5.41) is 0. The molecule has 6 heteroatoms.